The molecule has 0 aromatic carbocycles. The number of rotatable bonds is 18. The van der Waals surface area contributed by atoms with Crippen molar-refractivity contribution in [3.63, 3.8) is 0 Å². The first-order valence-electron chi connectivity index (χ1n) is 10.6. The molecule has 19 heteroatoms. The van der Waals surface area contributed by atoms with Crippen molar-refractivity contribution >= 4 is 23.9 Å². The Kier molecular flexibility index (Phi) is 31.7. The second-order valence-corrected chi connectivity index (χ2v) is 6.83. The van der Waals surface area contributed by atoms with E-state index in [1.165, 1.54) is 0 Å². The van der Waals surface area contributed by atoms with Gasteiger partial charge >= 0.3 is 206 Å². The molecule has 0 aliphatic carbocycles. The Morgan fingerprint density at radius 2 is 0.683 bits per heavy atom. The summed E-state index contributed by atoms with van der Waals surface area (Å²) in [6.45, 7) is 1.09. The van der Waals surface area contributed by atoms with Crippen molar-refractivity contribution in [1.82, 2.24) is 9.97 Å². The Bertz CT molecular complexity index is 975. The van der Waals surface area contributed by atoms with Gasteiger partial charge in [-0.05, 0) is 0 Å². The summed E-state index contributed by atoms with van der Waals surface area (Å²) >= 11 is 0. The number of aromatic carboxylic acids is 4. The minimum atomic E-state index is -1.66. The summed E-state index contributed by atoms with van der Waals surface area (Å²) in [6.07, 6.45) is 0. The minimum absolute atomic E-state index is 0. The topological polar surface area (TPSA) is 232 Å². The normalized spacial score (nSPS) is 9.56. The summed E-state index contributed by atoms with van der Waals surface area (Å²) in [5.74, 6) is -6.73. The van der Waals surface area contributed by atoms with Crippen molar-refractivity contribution in [2.75, 3.05) is 52.9 Å². The molecular weight excluding hydrogens is 657 g/mol. The maximum absolute atomic E-state index is 10.9. The summed E-state index contributed by atoms with van der Waals surface area (Å²) in [5, 5.41) is 43.5. The fourth-order valence-electron chi connectivity index (χ4n) is 2.57. The zero-order valence-electron chi connectivity index (χ0n) is 23.2. The summed E-state index contributed by atoms with van der Waals surface area (Å²) in [6, 6.07) is 4.07. The monoisotopic (exact) mass is 676 g/mol. The van der Waals surface area contributed by atoms with Gasteiger partial charge in [0.15, 0.2) is 0 Å². The van der Waals surface area contributed by atoms with E-state index in [1.54, 1.807) is 0 Å². The van der Waals surface area contributed by atoms with Gasteiger partial charge in [-0.3, -0.25) is 0 Å². The number of aromatic nitrogens is 2. The van der Waals surface area contributed by atoms with E-state index in [-0.39, 0.29) is 270 Å². The summed E-state index contributed by atoms with van der Waals surface area (Å²) in [4.78, 5) is 50.3. The number of hydrogen-bond acceptors (Lipinski definition) is 15. The van der Waals surface area contributed by atoms with Crippen molar-refractivity contribution in [2.24, 2.45) is 0 Å². The first-order valence-corrected chi connectivity index (χ1v) is 10.6. The van der Waals surface area contributed by atoms with Crippen molar-refractivity contribution in [1.29, 1.82) is 0 Å². The fraction of sp³-hybridized carbons (Fsp3) is 0.364. The SMILES string of the molecule is O=C([O-])c1cc(OCCOCCOCCOCCOc2cc(C(=O)[O-])nc(C(=O)[O-])c2)cc(C(=O)[O-])n1.[K+].[K+].[K+].[K+]. The largest absolute Gasteiger partial charge is 1.00 e. The third-order valence-electron chi connectivity index (χ3n) is 4.17. The summed E-state index contributed by atoms with van der Waals surface area (Å²) in [7, 11) is 0. The average Bonchev–Trinajstić information content (AvgIpc) is 2.86. The van der Waals surface area contributed by atoms with Crippen LogP contribution in [0.15, 0.2) is 24.3 Å². The van der Waals surface area contributed by atoms with E-state index >= 15 is 0 Å². The molecule has 0 unspecified atom stereocenters. The van der Waals surface area contributed by atoms with Crippen LogP contribution < -0.4 is 235 Å². The van der Waals surface area contributed by atoms with E-state index < -0.39 is 46.7 Å². The molecule has 0 aliphatic rings. The summed E-state index contributed by atoms with van der Waals surface area (Å²) in [5.41, 5.74) is -2.42. The van der Waals surface area contributed by atoms with Crippen LogP contribution in [0.3, 0.4) is 0 Å². The number of carboxylic acids is 4. The van der Waals surface area contributed by atoms with Crippen LogP contribution in [0, 0.1) is 0 Å². The molecule has 200 valence electrons. The third-order valence-corrected chi connectivity index (χ3v) is 4.17. The third kappa shape index (κ3) is 20.1. The van der Waals surface area contributed by atoms with Crippen molar-refractivity contribution in [3.8, 4) is 11.5 Å². The Morgan fingerprint density at radius 1 is 0.463 bits per heavy atom. The average molecular weight is 677 g/mol. The Morgan fingerprint density at radius 3 is 0.902 bits per heavy atom. The number of carbonyl (C=O) groups excluding carboxylic acids is 4. The predicted octanol–water partition coefficient (Wildman–Crippen LogP) is -16.5. The van der Waals surface area contributed by atoms with E-state index in [1.807, 2.05) is 0 Å². The molecule has 41 heavy (non-hydrogen) atoms. The van der Waals surface area contributed by atoms with Crippen LogP contribution in [0.25, 0.3) is 0 Å². The van der Waals surface area contributed by atoms with Gasteiger partial charge in [-0.15, -0.1) is 0 Å². The van der Waals surface area contributed by atoms with Gasteiger partial charge in [-0.25, -0.2) is 9.97 Å². The molecule has 0 saturated heterocycles. The van der Waals surface area contributed by atoms with Crippen LogP contribution in [-0.2, 0) is 14.2 Å². The van der Waals surface area contributed by atoms with Gasteiger partial charge < -0.3 is 63.3 Å². The number of pyridine rings is 2. The molecule has 0 bridgehead atoms. The molecule has 2 heterocycles. The first kappa shape index (κ1) is 47.6. The van der Waals surface area contributed by atoms with Crippen LogP contribution >= 0.6 is 0 Å². The van der Waals surface area contributed by atoms with E-state index in [4.69, 9.17) is 23.7 Å². The predicted molar refractivity (Wildman–Crippen MR) is 109 cm³/mol. The van der Waals surface area contributed by atoms with Gasteiger partial charge in [0, 0.05) is 24.3 Å². The zero-order chi connectivity index (χ0) is 27.2. The number of ether oxygens (including phenoxy) is 5. The van der Waals surface area contributed by atoms with Gasteiger partial charge in [-0.2, -0.15) is 0 Å². The van der Waals surface area contributed by atoms with Gasteiger partial charge in [0.1, 0.15) is 24.7 Å². The van der Waals surface area contributed by atoms with Crippen molar-refractivity contribution < 1.29 is 269 Å². The number of carbonyl (C=O) groups is 4. The molecule has 0 atom stereocenters. The molecule has 0 saturated carbocycles. The first-order chi connectivity index (χ1) is 17.7. The second-order valence-electron chi connectivity index (χ2n) is 6.83. The van der Waals surface area contributed by atoms with Crippen LogP contribution in [0.1, 0.15) is 42.0 Å². The number of hydrogen-bond donors (Lipinski definition) is 0. The van der Waals surface area contributed by atoms with E-state index in [0.717, 1.165) is 24.3 Å². The Balaban J connectivity index is -0.00000361. The Hall–Kier alpha value is 2.21. The zero-order valence-corrected chi connectivity index (χ0v) is 35.7. The van der Waals surface area contributed by atoms with Crippen LogP contribution in [-0.4, -0.2) is 86.7 Å². The van der Waals surface area contributed by atoms with Crippen molar-refractivity contribution in [2.45, 2.75) is 0 Å². The molecule has 2 aromatic heterocycles. The van der Waals surface area contributed by atoms with Gasteiger partial charge in [0.25, 0.3) is 0 Å². The molecule has 2 rings (SSSR count). The molecule has 0 N–H and O–H groups in total. The molecular formula is C22H20K4N2O13. The van der Waals surface area contributed by atoms with Gasteiger partial charge in [-0.1, -0.05) is 0 Å². The fourth-order valence-corrected chi connectivity index (χ4v) is 2.57. The standard InChI is InChI=1S/C22H24N2O13.4K/c25-19(26)15-9-13(10-16(23-15)20(27)28)36-7-5-34-3-1-33-2-4-35-6-8-37-14-11-17(21(29)30)24-18(12-14)22(31)32;;;;/h9-12H,1-8H2,(H,25,26)(H,27,28)(H,29,30)(H,31,32);;;;/q;4*+1/p-4. The number of carboxylic acid groups (broad SMARTS) is 4. The molecule has 0 spiro atoms. The molecule has 0 amide bonds. The molecule has 0 radical (unpaired) electrons. The van der Waals surface area contributed by atoms with Crippen LogP contribution in [0.5, 0.6) is 11.5 Å². The van der Waals surface area contributed by atoms with E-state index in [0.29, 0.717) is 0 Å². The van der Waals surface area contributed by atoms with Crippen molar-refractivity contribution in [3.05, 3.63) is 47.0 Å². The van der Waals surface area contributed by atoms with Crippen LogP contribution in [0.4, 0.5) is 0 Å². The maximum atomic E-state index is 10.9. The molecule has 2 aromatic rings. The minimum Gasteiger partial charge on any atom is -0.543 e. The number of nitrogens with zero attached hydrogens (tertiary/aromatic N) is 2. The van der Waals surface area contributed by atoms with Crippen LogP contribution in [0.2, 0.25) is 0 Å². The molecule has 0 fully saturated rings. The van der Waals surface area contributed by atoms with E-state index in [9.17, 15) is 39.6 Å². The molecule has 15 nitrogen and oxygen atoms in total. The summed E-state index contributed by atoms with van der Waals surface area (Å²) < 4.78 is 26.3. The van der Waals surface area contributed by atoms with Gasteiger partial charge in [0.2, 0.25) is 0 Å². The smallest absolute Gasteiger partial charge is 0.543 e. The second kappa shape index (κ2) is 27.3. The molecule has 0 aliphatic heterocycles. The van der Waals surface area contributed by atoms with Gasteiger partial charge in [0.05, 0.1) is 86.3 Å². The quantitative estimate of drug-likeness (QED) is 0.105. The maximum Gasteiger partial charge on any atom is 1.00 e. The van der Waals surface area contributed by atoms with E-state index in [2.05, 4.69) is 9.97 Å². The Labute approximate surface area is 404 Å².